The minimum Gasteiger partial charge on any atom is -0.492 e. The molecule has 0 bridgehead atoms. The van der Waals surface area contributed by atoms with Gasteiger partial charge in [0.05, 0.1) is 37.0 Å². The van der Waals surface area contributed by atoms with Crippen LogP contribution in [0.25, 0.3) is 0 Å². The summed E-state index contributed by atoms with van der Waals surface area (Å²) in [5.74, 6) is 1.88. The van der Waals surface area contributed by atoms with Gasteiger partial charge in [0.2, 0.25) is 12.5 Å². The highest BCUT2D eigenvalue weighted by atomic mass is 35.5. The summed E-state index contributed by atoms with van der Waals surface area (Å²) < 4.78 is 16.7. The Morgan fingerprint density at radius 2 is 2.15 bits per heavy atom. The topological polar surface area (TPSA) is 73.3 Å². The van der Waals surface area contributed by atoms with Crippen LogP contribution in [0.4, 0.5) is 10.5 Å². The Morgan fingerprint density at radius 3 is 2.93 bits per heavy atom. The fourth-order valence-electron chi connectivity index (χ4n) is 3.57. The molecule has 8 heteroatoms. The number of carbonyl (C=O) groups is 1. The third-order valence-electron chi connectivity index (χ3n) is 4.92. The number of carbonyl (C=O) groups excluding carboxylic acids is 1. The van der Waals surface area contributed by atoms with Gasteiger partial charge in [0.25, 0.3) is 0 Å². The van der Waals surface area contributed by atoms with Crippen molar-refractivity contribution >= 4 is 23.3 Å². The predicted octanol–water partition coefficient (Wildman–Crippen LogP) is 1.97. The Balaban J connectivity index is 1.64. The van der Waals surface area contributed by atoms with Gasteiger partial charge in [-0.15, -0.1) is 0 Å². The molecule has 2 amide bonds. The molecule has 2 heterocycles. The van der Waals surface area contributed by atoms with Crippen molar-refractivity contribution in [1.29, 1.82) is 0 Å². The highest BCUT2D eigenvalue weighted by Crippen LogP contribution is 2.46. The molecular weight excluding hydrogens is 370 g/mol. The highest BCUT2D eigenvalue weighted by Gasteiger charge is 2.37. The van der Waals surface area contributed by atoms with Crippen molar-refractivity contribution in [2.45, 2.75) is 12.6 Å². The van der Waals surface area contributed by atoms with Gasteiger partial charge in [0, 0.05) is 6.42 Å². The van der Waals surface area contributed by atoms with Crippen molar-refractivity contribution in [3.63, 3.8) is 0 Å². The van der Waals surface area contributed by atoms with E-state index < -0.39 is 0 Å². The minimum atomic E-state index is -0.333. The lowest BCUT2D eigenvalue weighted by Gasteiger charge is -2.33. The van der Waals surface area contributed by atoms with E-state index in [0.29, 0.717) is 28.0 Å². The van der Waals surface area contributed by atoms with Crippen molar-refractivity contribution in [2.75, 3.05) is 32.8 Å². The number of halogens is 1. The number of para-hydroxylation sites is 1. The number of methoxy groups -OCH3 is 1. The third kappa shape index (κ3) is 3.24. The van der Waals surface area contributed by atoms with Gasteiger partial charge in [-0.25, -0.2) is 4.79 Å². The zero-order valence-corrected chi connectivity index (χ0v) is 15.9. The van der Waals surface area contributed by atoms with Gasteiger partial charge in [-0.05, 0) is 23.8 Å². The molecular formula is C19H21ClN3O4+. The second-order valence-electron chi connectivity index (χ2n) is 6.57. The monoisotopic (exact) mass is 390 g/mol. The van der Waals surface area contributed by atoms with Crippen molar-refractivity contribution in [2.24, 2.45) is 0 Å². The van der Waals surface area contributed by atoms with Crippen LogP contribution in [-0.4, -0.2) is 33.5 Å². The number of anilines is 1. The number of hydrogen-bond donors (Lipinski definition) is 3. The van der Waals surface area contributed by atoms with E-state index in [1.807, 2.05) is 25.2 Å². The van der Waals surface area contributed by atoms with E-state index in [2.05, 4.69) is 10.6 Å². The molecule has 0 radical (unpaired) electrons. The molecule has 3 N–H and O–H groups in total. The summed E-state index contributed by atoms with van der Waals surface area (Å²) in [6, 6.07) is 8.76. The number of benzene rings is 2. The molecule has 1 unspecified atom stereocenters. The molecule has 0 fully saturated rings. The Morgan fingerprint density at radius 1 is 1.33 bits per heavy atom. The molecule has 142 valence electrons. The van der Waals surface area contributed by atoms with E-state index >= 15 is 0 Å². The first kappa shape index (κ1) is 17.8. The van der Waals surface area contributed by atoms with Crippen LogP contribution < -0.4 is 29.7 Å². The number of rotatable bonds is 3. The molecule has 0 aliphatic carbocycles. The van der Waals surface area contributed by atoms with Crippen LogP contribution in [0.15, 0.2) is 30.3 Å². The molecule has 2 aliphatic rings. The number of quaternary nitrogens is 1. The zero-order valence-electron chi connectivity index (χ0n) is 15.1. The number of ether oxygens (including phenoxy) is 3. The maximum atomic E-state index is 12.6. The quantitative estimate of drug-likeness (QED) is 0.749. The third-order valence-corrected chi connectivity index (χ3v) is 5.24. The van der Waals surface area contributed by atoms with Gasteiger partial charge < -0.3 is 24.4 Å². The first-order valence-corrected chi connectivity index (χ1v) is 9.10. The number of amides is 2. The second-order valence-corrected chi connectivity index (χ2v) is 6.98. The van der Waals surface area contributed by atoms with Gasteiger partial charge in [-0.1, -0.05) is 23.7 Å². The lowest BCUT2D eigenvalue weighted by atomic mass is 9.95. The summed E-state index contributed by atoms with van der Waals surface area (Å²) in [5, 5.41) is 6.34. The van der Waals surface area contributed by atoms with Crippen molar-refractivity contribution in [1.82, 2.24) is 5.32 Å². The van der Waals surface area contributed by atoms with E-state index in [4.69, 9.17) is 25.8 Å². The number of nitrogens with one attached hydrogen (secondary N) is 3. The molecule has 2 aromatic rings. The Kier molecular flexibility index (Phi) is 4.72. The summed E-state index contributed by atoms with van der Waals surface area (Å²) in [5.41, 5.74) is 2.56. The summed E-state index contributed by atoms with van der Waals surface area (Å²) in [7, 11) is 3.63. The van der Waals surface area contributed by atoms with Crippen molar-refractivity contribution < 1.29 is 23.9 Å². The smallest absolute Gasteiger partial charge is 0.324 e. The van der Waals surface area contributed by atoms with Gasteiger partial charge in [-0.2, -0.15) is 0 Å². The number of fused-ring (bicyclic) bond motifs is 2. The van der Waals surface area contributed by atoms with Crippen LogP contribution in [0, 0.1) is 0 Å². The summed E-state index contributed by atoms with van der Waals surface area (Å²) in [6.07, 6.45) is 0.569. The molecule has 0 spiro atoms. The molecule has 2 aromatic carbocycles. The zero-order chi connectivity index (χ0) is 19.0. The van der Waals surface area contributed by atoms with Crippen LogP contribution >= 0.6 is 11.6 Å². The van der Waals surface area contributed by atoms with Crippen LogP contribution in [-0.2, 0) is 6.42 Å². The van der Waals surface area contributed by atoms with Crippen molar-refractivity contribution in [3.05, 3.63) is 46.5 Å². The van der Waals surface area contributed by atoms with Crippen molar-refractivity contribution in [3.8, 4) is 17.2 Å². The summed E-state index contributed by atoms with van der Waals surface area (Å²) >= 11 is 6.13. The molecule has 2 aliphatic heterocycles. The normalized spacial score (nSPS) is 20.0. The predicted molar refractivity (Wildman–Crippen MR) is 101 cm³/mol. The van der Waals surface area contributed by atoms with Crippen LogP contribution in [0.2, 0.25) is 5.02 Å². The standard InChI is InChI=1S/C19H20ClN3O4/c1-23-8-7-11-9-14-16(27-10-26-14)17(25-2)15(11)18(23)22-19(24)21-13-6-4-3-5-12(13)20/h3-6,9,18H,7-8,10H2,1-2H3,(H2,21,22,24)/p+1/t18-/m1/s1. The molecule has 0 saturated heterocycles. The fourth-order valence-corrected chi connectivity index (χ4v) is 3.76. The largest absolute Gasteiger partial charge is 0.492 e. The van der Waals surface area contributed by atoms with Crippen LogP contribution in [0.5, 0.6) is 17.2 Å². The van der Waals surface area contributed by atoms with Crippen LogP contribution in [0.1, 0.15) is 17.3 Å². The Labute approximate surface area is 162 Å². The van der Waals surface area contributed by atoms with E-state index in [1.165, 1.54) is 0 Å². The Bertz CT molecular complexity index is 889. The van der Waals surface area contributed by atoms with Gasteiger partial charge >= 0.3 is 6.03 Å². The Hall–Kier alpha value is -2.64. The first-order valence-electron chi connectivity index (χ1n) is 8.72. The fraction of sp³-hybridized carbons (Fsp3) is 0.316. The van der Waals surface area contributed by atoms with Gasteiger partial charge in [0.15, 0.2) is 17.7 Å². The first-order chi connectivity index (χ1) is 13.1. The van der Waals surface area contributed by atoms with E-state index in [-0.39, 0.29) is 19.0 Å². The number of hydrogen-bond acceptors (Lipinski definition) is 4. The highest BCUT2D eigenvalue weighted by molar-refractivity contribution is 6.33. The lowest BCUT2D eigenvalue weighted by molar-refractivity contribution is -0.917. The molecule has 0 aromatic heterocycles. The molecule has 0 saturated carbocycles. The average molecular weight is 391 g/mol. The molecule has 4 rings (SSSR count). The van der Waals surface area contributed by atoms with E-state index in [1.54, 1.807) is 19.2 Å². The van der Waals surface area contributed by atoms with Gasteiger partial charge in [-0.3, -0.25) is 5.32 Å². The van der Waals surface area contributed by atoms with Crippen LogP contribution in [0.3, 0.4) is 0 Å². The lowest BCUT2D eigenvalue weighted by Crippen LogP contribution is -3.12. The summed E-state index contributed by atoms with van der Waals surface area (Å²) in [6.45, 7) is 1.04. The summed E-state index contributed by atoms with van der Waals surface area (Å²) in [4.78, 5) is 13.8. The number of urea groups is 1. The SMILES string of the molecule is COc1c2c(cc3c1[C@H](NC(=O)Nc1ccccc1Cl)[NH+](C)CC3)OCO2. The van der Waals surface area contributed by atoms with Gasteiger partial charge in [0.1, 0.15) is 0 Å². The van der Waals surface area contributed by atoms with E-state index in [9.17, 15) is 4.79 Å². The minimum absolute atomic E-state index is 0.169. The molecule has 7 nitrogen and oxygen atoms in total. The molecule has 27 heavy (non-hydrogen) atoms. The average Bonchev–Trinajstić information content (AvgIpc) is 3.12. The second kappa shape index (κ2) is 7.17. The van der Waals surface area contributed by atoms with E-state index in [0.717, 1.165) is 29.0 Å². The molecule has 2 atom stereocenters. The maximum absolute atomic E-state index is 12.6. The number of likely N-dealkylation sites (N-methyl/N-ethyl adjacent to an activating group) is 1. The maximum Gasteiger partial charge on any atom is 0.324 e.